The molecule has 2 aromatic rings. The third-order valence-electron chi connectivity index (χ3n) is 4.00. The smallest absolute Gasteiger partial charge is 0.339 e. The molecule has 0 radical (unpaired) electrons. The van der Waals surface area contributed by atoms with E-state index in [1.165, 1.54) is 43.1 Å². The number of halogens is 1. The molecule has 0 bridgehead atoms. The van der Waals surface area contributed by atoms with Crippen LogP contribution in [0, 0.1) is 6.92 Å². The van der Waals surface area contributed by atoms with Crippen LogP contribution in [0.1, 0.15) is 30.3 Å². The Balaban J connectivity index is 1.84. The summed E-state index contributed by atoms with van der Waals surface area (Å²) >= 11 is 7.43. The molecular formula is C19H18ClN3O5S2. The molecule has 8 nitrogen and oxygen atoms in total. The van der Waals surface area contributed by atoms with Gasteiger partial charge in [-0.2, -0.15) is 8.42 Å². The Bertz CT molecular complexity index is 1130. The van der Waals surface area contributed by atoms with Gasteiger partial charge in [-0.05, 0) is 36.8 Å². The van der Waals surface area contributed by atoms with E-state index < -0.39 is 15.5 Å². The van der Waals surface area contributed by atoms with Gasteiger partial charge in [-0.1, -0.05) is 47.1 Å². The lowest BCUT2D eigenvalue weighted by Crippen LogP contribution is -2.25. The lowest BCUT2D eigenvalue weighted by atomic mass is 10.2. The highest BCUT2D eigenvalue weighted by Gasteiger charge is 2.33. The number of thioether (sulfide) groups is 1. The van der Waals surface area contributed by atoms with Crippen molar-refractivity contribution < 1.29 is 22.2 Å². The largest absolute Gasteiger partial charge is 0.377 e. The van der Waals surface area contributed by atoms with Crippen molar-refractivity contribution in [3.8, 4) is 5.75 Å². The van der Waals surface area contributed by atoms with Gasteiger partial charge in [0.05, 0.1) is 5.02 Å². The molecule has 2 aromatic carbocycles. The first-order chi connectivity index (χ1) is 14.1. The van der Waals surface area contributed by atoms with Gasteiger partial charge < -0.3 is 9.50 Å². The number of hydrazone groups is 1. The van der Waals surface area contributed by atoms with Crippen LogP contribution >= 0.6 is 23.4 Å². The number of rotatable bonds is 4. The van der Waals surface area contributed by atoms with E-state index in [4.69, 9.17) is 15.8 Å². The standard InChI is InChI=1S/C19H18ClN3O5S2/c1-11-4-7-15(8-5-11)30(26,27)28-17-9-6-14(10-16(17)20)18-23(13(3)25)22-19(29-18)21-12(2)24/h4-10,18H,1-3H3,(H,21,22,24). The summed E-state index contributed by atoms with van der Waals surface area (Å²) in [7, 11) is -4.06. The Morgan fingerprint density at radius 1 is 1.17 bits per heavy atom. The SMILES string of the molecule is CC(=O)NC1=NN(C(C)=O)C(c2ccc(OS(=O)(=O)c3ccc(C)cc3)c(Cl)c2)S1. The van der Waals surface area contributed by atoms with Crippen LogP contribution in [0.25, 0.3) is 0 Å². The first-order valence-electron chi connectivity index (χ1n) is 8.70. The minimum absolute atomic E-state index is 0.00990. The zero-order valence-corrected chi connectivity index (χ0v) is 18.6. The molecular weight excluding hydrogens is 450 g/mol. The molecule has 0 saturated carbocycles. The van der Waals surface area contributed by atoms with Crippen molar-refractivity contribution in [1.82, 2.24) is 10.3 Å². The van der Waals surface area contributed by atoms with Gasteiger partial charge in [0.2, 0.25) is 11.8 Å². The van der Waals surface area contributed by atoms with Crippen LogP contribution in [0.3, 0.4) is 0 Å². The highest BCUT2D eigenvalue weighted by molar-refractivity contribution is 8.14. The van der Waals surface area contributed by atoms with Gasteiger partial charge in [-0.15, -0.1) is 5.10 Å². The number of nitrogens with zero attached hydrogens (tertiary/aromatic N) is 2. The second-order valence-corrected chi connectivity index (χ2v) is 9.48. The van der Waals surface area contributed by atoms with Crippen molar-refractivity contribution in [2.45, 2.75) is 31.0 Å². The number of carbonyl (C=O) groups is 2. The quantitative estimate of drug-likeness (QED) is 0.691. The highest BCUT2D eigenvalue weighted by atomic mass is 35.5. The third kappa shape index (κ3) is 4.94. The van der Waals surface area contributed by atoms with Gasteiger partial charge in [0.1, 0.15) is 10.3 Å². The van der Waals surface area contributed by atoms with E-state index in [0.29, 0.717) is 5.56 Å². The second kappa shape index (κ2) is 8.66. The summed E-state index contributed by atoms with van der Waals surface area (Å²) in [5, 5.41) is 7.64. The molecule has 1 unspecified atom stereocenters. The number of benzene rings is 2. The molecule has 1 heterocycles. The molecule has 1 aliphatic rings. The predicted octanol–water partition coefficient (Wildman–Crippen LogP) is 3.42. The molecule has 1 N–H and O–H groups in total. The summed E-state index contributed by atoms with van der Waals surface area (Å²) in [6.07, 6.45) is 0. The predicted molar refractivity (Wildman–Crippen MR) is 115 cm³/mol. The molecule has 11 heteroatoms. The number of aryl methyl sites for hydroxylation is 1. The zero-order valence-electron chi connectivity index (χ0n) is 16.2. The van der Waals surface area contributed by atoms with Crippen molar-refractivity contribution in [2.75, 3.05) is 0 Å². The number of amidine groups is 1. The molecule has 30 heavy (non-hydrogen) atoms. The molecule has 0 aliphatic carbocycles. The van der Waals surface area contributed by atoms with Crippen molar-refractivity contribution >= 4 is 50.5 Å². The van der Waals surface area contributed by atoms with Crippen LogP contribution in [0.5, 0.6) is 5.75 Å². The van der Waals surface area contributed by atoms with Gasteiger partial charge in [0, 0.05) is 13.8 Å². The van der Waals surface area contributed by atoms with Crippen LogP contribution in [0.15, 0.2) is 52.5 Å². The first-order valence-corrected chi connectivity index (χ1v) is 11.4. The zero-order chi connectivity index (χ0) is 22.1. The Hall–Kier alpha value is -2.56. The topological polar surface area (TPSA) is 105 Å². The Kier molecular flexibility index (Phi) is 6.39. The first kappa shape index (κ1) is 22.1. The van der Waals surface area contributed by atoms with Crippen molar-refractivity contribution in [2.24, 2.45) is 5.10 Å². The minimum atomic E-state index is -4.06. The number of hydrogen-bond donors (Lipinski definition) is 1. The Morgan fingerprint density at radius 2 is 1.83 bits per heavy atom. The van der Waals surface area contributed by atoms with E-state index in [2.05, 4.69) is 10.4 Å². The van der Waals surface area contributed by atoms with Gasteiger partial charge in [-0.25, -0.2) is 5.01 Å². The van der Waals surface area contributed by atoms with Crippen LogP contribution in [0.2, 0.25) is 5.02 Å². The lowest BCUT2D eigenvalue weighted by molar-refractivity contribution is -0.129. The summed E-state index contributed by atoms with van der Waals surface area (Å²) in [6, 6.07) is 10.7. The van der Waals surface area contributed by atoms with E-state index in [1.807, 2.05) is 6.92 Å². The fourth-order valence-electron chi connectivity index (χ4n) is 2.59. The maximum absolute atomic E-state index is 12.5. The van der Waals surface area contributed by atoms with Crippen molar-refractivity contribution in [3.05, 3.63) is 58.6 Å². The van der Waals surface area contributed by atoms with Gasteiger partial charge in [0.15, 0.2) is 10.9 Å². The Morgan fingerprint density at radius 3 is 2.40 bits per heavy atom. The van der Waals surface area contributed by atoms with Gasteiger partial charge in [0.25, 0.3) is 0 Å². The van der Waals surface area contributed by atoms with Crippen molar-refractivity contribution in [1.29, 1.82) is 0 Å². The number of carbonyl (C=O) groups excluding carboxylic acids is 2. The van der Waals surface area contributed by atoms with Crippen LogP contribution in [-0.2, 0) is 19.7 Å². The maximum atomic E-state index is 12.5. The monoisotopic (exact) mass is 467 g/mol. The highest BCUT2D eigenvalue weighted by Crippen LogP contribution is 2.41. The summed E-state index contributed by atoms with van der Waals surface area (Å²) < 4.78 is 30.2. The summed E-state index contributed by atoms with van der Waals surface area (Å²) in [4.78, 5) is 23.2. The lowest BCUT2D eigenvalue weighted by Gasteiger charge is -2.20. The van der Waals surface area contributed by atoms with E-state index in [0.717, 1.165) is 17.3 Å². The third-order valence-corrected chi connectivity index (χ3v) is 6.65. The summed E-state index contributed by atoms with van der Waals surface area (Å²) in [5.74, 6) is -0.680. The van der Waals surface area contributed by atoms with E-state index in [9.17, 15) is 18.0 Å². The molecule has 0 saturated heterocycles. The van der Waals surface area contributed by atoms with Crippen molar-refractivity contribution in [3.63, 3.8) is 0 Å². The summed E-state index contributed by atoms with van der Waals surface area (Å²) in [6.45, 7) is 4.53. The summed E-state index contributed by atoms with van der Waals surface area (Å²) in [5.41, 5.74) is 1.51. The normalized spacial score (nSPS) is 16.2. The average Bonchev–Trinajstić information content (AvgIpc) is 3.07. The molecule has 1 atom stereocenters. The fourth-order valence-corrected chi connectivity index (χ4v) is 4.94. The van der Waals surface area contributed by atoms with Gasteiger partial charge in [-0.3, -0.25) is 9.59 Å². The molecule has 0 spiro atoms. The van der Waals surface area contributed by atoms with Crippen LogP contribution in [-0.4, -0.2) is 30.4 Å². The average molecular weight is 468 g/mol. The van der Waals surface area contributed by atoms with Gasteiger partial charge >= 0.3 is 10.1 Å². The molecule has 0 fully saturated rings. The molecule has 0 aromatic heterocycles. The Labute approximate surface area is 183 Å². The van der Waals surface area contributed by atoms with Crippen LogP contribution in [0.4, 0.5) is 0 Å². The van der Waals surface area contributed by atoms with E-state index >= 15 is 0 Å². The minimum Gasteiger partial charge on any atom is -0.377 e. The number of nitrogens with one attached hydrogen (secondary N) is 1. The fraction of sp³-hybridized carbons (Fsp3) is 0.211. The molecule has 158 valence electrons. The molecule has 2 amide bonds. The number of amides is 2. The van der Waals surface area contributed by atoms with Crippen LogP contribution < -0.4 is 9.50 Å². The van der Waals surface area contributed by atoms with E-state index in [1.54, 1.807) is 18.2 Å². The molecule has 3 rings (SSSR count). The second-order valence-electron chi connectivity index (χ2n) is 6.46. The maximum Gasteiger partial charge on any atom is 0.339 e. The molecule has 1 aliphatic heterocycles. The number of hydrogen-bond acceptors (Lipinski definition) is 7. The van der Waals surface area contributed by atoms with E-state index in [-0.39, 0.29) is 32.6 Å².